The Morgan fingerprint density at radius 1 is 1.18 bits per heavy atom. The fraction of sp³-hybridized carbons (Fsp3) is 0.333. The van der Waals surface area contributed by atoms with E-state index in [4.69, 9.17) is 21.6 Å². The van der Waals surface area contributed by atoms with E-state index in [-0.39, 0.29) is 28.3 Å². The van der Waals surface area contributed by atoms with Crippen molar-refractivity contribution in [3.63, 3.8) is 0 Å². The summed E-state index contributed by atoms with van der Waals surface area (Å²) in [5.41, 5.74) is 2.85. The third-order valence-corrected chi connectivity index (χ3v) is 6.30. The molecule has 1 N–H and O–H groups in total. The van der Waals surface area contributed by atoms with Gasteiger partial charge in [-0.3, -0.25) is 4.79 Å². The molecule has 39 heavy (non-hydrogen) atoms. The number of aryl methyl sites for hydroxylation is 1. The van der Waals surface area contributed by atoms with Gasteiger partial charge in [0.15, 0.2) is 0 Å². The van der Waals surface area contributed by atoms with E-state index in [1.54, 1.807) is 36.7 Å². The molecule has 0 saturated heterocycles. The number of nitrogens with zero attached hydrogens (tertiary/aromatic N) is 4. The van der Waals surface area contributed by atoms with E-state index in [0.717, 1.165) is 6.54 Å². The highest BCUT2D eigenvalue weighted by molar-refractivity contribution is 6.31. The van der Waals surface area contributed by atoms with Gasteiger partial charge in [0.25, 0.3) is 5.91 Å². The molecule has 0 aliphatic rings. The van der Waals surface area contributed by atoms with Crippen LogP contribution >= 0.6 is 11.6 Å². The number of benzene rings is 2. The van der Waals surface area contributed by atoms with Gasteiger partial charge in [0.1, 0.15) is 11.8 Å². The van der Waals surface area contributed by atoms with Crippen LogP contribution in [0.3, 0.4) is 0 Å². The summed E-state index contributed by atoms with van der Waals surface area (Å²) in [6.45, 7) is 4.55. The molecule has 3 aromatic rings. The molecule has 3 rings (SSSR count). The normalized spacial score (nSPS) is 11.4. The van der Waals surface area contributed by atoms with Crippen LogP contribution in [0.5, 0.6) is 5.75 Å². The van der Waals surface area contributed by atoms with E-state index < -0.39 is 18.1 Å². The lowest BCUT2D eigenvalue weighted by Gasteiger charge is -2.16. The third-order valence-electron chi connectivity index (χ3n) is 5.99. The first kappa shape index (κ1) is 29.7. The Morgan fingerprint density at radius 2 is 1.90 bits per heavy atom. The summed E-state index contributed by atoms with van der Waals surface area (Å²) in [4.78, 5) is 26.7. The number of carbonyl (C=O) groups is 2. The summed E-state index contributed by atoms with van der Waals surface area (Å²) in [7, 11) is 3.80. The minimum Gasteiger partial charge on any atom is -0.420 e. The molecule has 0 aliphatic carbocycles. The van der Waals surface area contributed by atoms with Crippen molar-refractivity contribution >= 4 is 23.5 Å². The standard InChI is InChI=1S/C27H27ClF3N5O3/c1-16-21(17(2)36(34-16)19-10-9-18(15-32)23(28)13-19)14-22-20(25(37)33-11-6-12-35(3)4)7-5-8-24(22)39-26(38)27(29,30)31/h5,7-10,13H,6,11-12,14H2,1-4H3,(H,33,37). The molecular formula is C27H27ClF3N5O3. The molecule has 8 nitrogen and oxygen atoms in total. The van der Waals surface area contributed by atoms with Crippen LogP contribution in [0, 0.1) is 25.2 Å². The van der Waals surface area contributed by atoms with E-state index in [1.165, 1.54) is 18.2 Å². The zero-order chi connectivity index (χ0) is 28.9. The minimum absolute atomic E-state index is 0.0383. The minimum atomic E-state index is -5.21. The first-order chi connectivity index (χ1) is 18.3. The van der Waals surface area contributed by atoms with Crippen molar-refractivity contribution in [1.29, 1.82) is 5.26 Å². The first-order valence-electron chi connectivity index (χ1n) is 11.9. The molecule has 0 spiro atoms. The lowest BCUT2D eigenvalue weighted by molar-refractivity contribution is -0.189. The molecule has 0 saturated carbocycles. The van der Waals surface area contributed by atoms with Crippen molar-refractivity contribution < 1.29 is 27.5 Å². The van der Waals surface area contributed by atoms with Gasteiger partial charge in [0.05, 0.1) is 22.0 Å². The maximum atomic E-state index is 13.1. The van der Waals surface area contributed by atoms with Gasteiger partial charge in [0.2, 0.25) is 0 Å². The van der Waals surface area contributed by atoms with Crippen LogP contribution in [-0.4, -0.2) is 59.9 Å². The van der Waals surface area contributed by atoms with Crippen LogP contribution in [0.15, 0.2) is 36.4 Å². The van der Waals surface area contributed by atoms with E-state index >= 15 is 0 Å². The second kappa shape index (κ2) is 12.3. The van der Waals surface area contributed by atoms with Crippen molar-refractivity contribution in [3.05, 3.63) is 75.1 Å². The zero-order valence-electron chi connectivity index (χ0n) is 21.8. The molecule has 0 aliphatic heterocycles. The number of alkyl halides is 3. The summed E-state index contributed by atoms with van der Waals surface area (Å²) in [6.07, 6.45) is -4.59. The lowest BCUT2D eigenvalue weighted by Crippen LogP contribution is -2.30. The number of halogens is 4. The zero-order valence-corrected chi connectivity index (χ0v) is 22.6. The predicted molar refractivity (Wildman–Crippen MR) is 139 cm³/mol. The van der Waals surface area contributed by atoms with Crippen LogP contribution < -0.4 is 10.1 Å². The molecule has 1 amide bonds. The van der Waals surface area contributed by atoms with Crippen molar-refractivity contribution in [1.82, 2.24) is 20.0 Å². The van der Waals surface area contributed by atoms with Crippen molar-refractivity contribution in [2.24, 2.45) is 0 Å². The number of nitrogens with one attached hydrogen (secondary N) is 1. The second-order valence-electron chi connectivity index (χ2n) is 9.10. The smallest absolute Gasteiger partial charge is 0.420 e. The molecule has 0 radical (unpaired) electrons. The maximum absolute atomic E-state index is 13.1. The molecule has 0 bridgehead atoms. The molecular weight excluding hydrogens is 535 g/mol. The van der Waals surface area contributed by atoms with Gasteiger partial charge in [-0.05, 0) is 71.2 Å². The number of ether oxygens (including phenoxy) is 1. The Labute approximate surface area is 228 Å². The SMILES string of the molecule is Cc1nn(-c2ccc(C#N)c(Cl)c2)c(C)c1Cc1c(OC(=O)C(F)(F)F)cccc1C(=O)NCCCN(C)C. The van der Waals surface area contributed by atoms with Crippen molar-refractivity contribution in [3.8, 4) is 17.5 Å². The van der Waals surface area contributed by atoms with Crippen LogP contribution in [-0.2, 0) is 11.2 Å². The Morgan fingerprint density at radius 3 is 2.51 bits per heavy atom. The summed E-state index contributed by atoms with van der Waals surface area (Å²) in [5, 5.41) is 16.7. The quantitative estimate of drug-likeness (QED) is 0.230. The van der Waals surface area contributed by atoms with Crippen LogP contribution in [0.1, 0.15) is 44.9 Å². The van der Waals surface area contributed by atoms with Gasteiger partial charge < -0.3 is 15.0 Å². The van der Waals surface area contributed by atoms with E-state index in [9.17, 15) is 22.8 Å². The topological polar surface area (TPSA) is 100 Å². The van der Waals surface area contributed by atoms with E-state index in [2.05, 4.69) is 10.4 Å². The van der Waals surface area contributed by atoms with Gasteiger partial charge in [-0.15, -0.1) is 0 Å². The molecule has 1 aromatic heterocycles. The maximum Gasteiger partial charge on any atom is 0.491 e. The van der Waals surface area contributed by atoms with Crippen molar-refractivity contribution in [2.45, 2.75) is 32.9 Å². The van der Waals surface area contributed by atoms with Crippen LogP contribution in [0.4, 0.5) is 13.2 Å². The second-order valence-corrected chi connectivity index (χ2v) is 9.50. The lowest BCUT2D eigenvalue weighted by atomic mass is 9.97. The molecule has 1 heterocycles. The number of carbonyl (C=O) groups excluding carboxylic acids is 2. The number of hydrogen-bond donors (Lipinski definition) is 1. The average Bonchev–Trinajstić information content (AvgIpc) is 3.15. The van der Waals surface area contributed by atoms with Gasteiger partial charge in [-0.25, -0.2) is 9.48 Å². The molecule has 0 atom stereocenters. The first-order valence-corrected chi connectivity index (χ1v) is 12.3. The van der Waals surface area contributed by atoms with Gasteiger partial charge >= 0.3 is 12.1 Å². The third kappa shape index (κ3) is 7.16. The van der Waals surface area contributed by atoms with Gasteiger partial charge in [0, 0.05) is 35.3 Å². The Kier molecular flexibility index (Phi) is 9.37. The molecule has 12 heteroatoms. The summed E-state index contributed by atoms with van der Waals surface area (Å²) >= 11 is 6.19. The fourth-order valence-electron chi connectivity index (χ4n) is 3.99. The highest BCUT2D eigenvalue weighted by atomic mass is 35.5. The van der Waals surface area contributed by atoms with Crippen LogP contribution in [0.2, 0.25) is 5.02 Å². The van der Waals surface area contributed by atoms with E-state index in [1.807, 2.05) is 25.1 Å². The summed E-state index contributed by atoms with van der Waals surface area (Å²) < 4.78 is 45.4. The van der Waals surface area contributed by atoms with Gasteiger partial charge in [-0.1, -0.05) is 17.7 Å². The Hall–Kier alpha value is -3.88. The highest BCUT2D eigenvalue weighted by Gasteiger charge is 2.42. The summed E-state index contributed by atoms with van der Waals surface area (Å²) in [6, 6.07) is 10.8. The van der Waals surface area contributed by atoms with Crippen molar-refractivity contribution in [2.75, 3.05) is 27.2 Å². The largest absolute Gasteiger partial charge is 0.491 e. The van der Waals surface area contributed by atoms with E-state index in [0.29, 0.717) is 41.2 Å². The molecule has 0 fully saturated rings. The number of esters is 1. The molecule has 2 aromatic carbocycles. The summed E-state index contributed by atoms with van der Waals surface area (Å²) in [5.74, 6) is -3.26. The number of rotatable bonds is 9. The van der Waals surface area contributed by atoms with Crippen LogP contribution in [0.25, 0.3) is 5.69 Å². The number of aromatic nitrogens is 2. The van der Waals surface area contributed by atoms with Gasteiger partial charge in [-0.2, -0.15) is 23.5 Å². The predicted octanol–water partition coefficient (Wildman–Crippen LogP) is 4.75. The molecule has 206 valence electrons. The monoisotopic (exact) mass is 561 g/mol. The fourth-order valence-corrected chi connectivity index (χ4v) is 4.21. The Bertz CT molecular complexity index is 1430. The molecule has 0 unspecified atom stereocenters. The number of nitriles is 1. The average molecular weight is 562 g/mol. The Balaban J connectivity index is 2.03. The number of amides is 1. The highest BCUT2D eigenvalue weighted by Crippen LogP contribution is 2.31. The number of hydrogen-bond acceptors (Lipinski definition) is 6.